The second kappa shape index (κ2) is 9.32. The molecule has 1 unspecified atom stereocenters. The maximum absolute atomic E-state index is 12.8. The van der Waals surface area contributed by atoms with Crippen LogP contribution >= 0.6 is 11.3 Å². The van der Waals surface area contributed by atoms with Crippen molar-refractivity contribution in [2.75, 3.05) is 18.6 Å². The van der Waals surface area contributed by atoms with Crippen molar-refractivity contribution in [1.82, 2.24) is 9.97 Å². The zero-order chi connectivity index (χ0) is 21.8. The van der Waals surface area contributed by atoms with Crippen molar-refractivity contribution < 1.29 is 9.84 Å². The minimum absolute atomic E-state index is 0.145. The summed E-state index contributed by atoms with van der Waals surface area (Å²) in [7, 11) is 1.64. The first-order chi connectivity index (χ1) is 15.1. The highest BCUT2D eigenvalue weighted by Crippen LogP contribution is 2.32. The molecule has 0 aliphatic rings. The fraction of sp³-hybridized carbons (Fsp3) is 0.250. The number of methoxy groups -OCH3 is 1. The van der Waals surface area contributed by atoms with E-state index in [4.69, 9.17) is 9.72 Å². The lowest BCUT2D eigenvalue weighted by Gasteiger charge is -2.26. The number of aliphatic hydroxyl groups is 1. The molecule has 0 radical (unpaired) electrons. The van der Waals surface area contributed by atoms with Crippen molar-refractivity contribution in [2.45, 2.75) is 26.0 Å². The lowest BCUT2D eigenvalue weighted by atomic mass is 10.2. The van der Waals surface area contributed by atoms with Crippen LogP contribution in [0.1, 0.15) is 19.2 Å². The van der Waals surface area contributed by atoms with E-state index in [1.54, 1.807) is 7.11 Å². The van der Waals surface area contributed by atoms with Gasteiger partial charge in [-0.05, 0) is 54.4 Å². The standard InChI is InChI=1S/C24H25N3O3S/c1-3-18(28)14-27(17-7-5-4-6-8-17)15-22-25-20-13-21(31-23(20)24(29)26-22)16-9-11-19(30-2)12-10-16/h4-13,18,28H,3,14-15H2,1-2H3,(H,25,26,29). The predicted octanol–water partition coefficient (Wildman–Crippen LogP) is 4.44. The summed E-state index contributed by atoms with van der Waals surface area (Å²) in [5, 5.41) is 10.2. The summed E-state index contributed by atoms with van der Waals surface area (Å²) in [6.45, 7) is 2.81. The number of aromatic nitrogens is 2. The Balaban J connectivity index is 1.66. The molecule has 4 aromatic rings. The van der Waals surface area contributed by atoms with E-state index in [2.05, 4.69) is 4.98 Å². The number of nitrogens with one attached hydrogen (secondary N) is 1. The van der Waals surface area contributed by atoms with Crippen LogP contribution in [0.4, 0.5) is 5.69 Å². The number of nitrogens with zero attached hydrogens (tertiary/aromatic N) is 2. The van der Waals surface area contributed by atoms with E-state index in [1.807, 2.05) is 72.5 Å². The van der Waals surface area contributed by atoms with Crippen molar-refractivity contribution in [3.05, 3.63) is 76.8 Å². The van der Waals surface area contributed by atoms with Crippen LogP contribution in [0.15, 0.2) is 65.5 Å². The lowest BCUT2D eigenvalue weighted by Crippen LogP contribution is -2.33. The molecule has 160 valence electrons. The molecular weight excluding hydrogens is 410 g/mol. The number of H-pyrrole nitrogens is 1. The Labute approximate surface area is 184 Å². The molecule has 0 amide bonds. The summed E-state index contributed by atoms with van der Waals surface area (Å²) in [6, 6.07) is 19.6. The normalized spacial score (nSPS) is 12.1. The van der Waals surface area contributed by atoms with Crippen LogP contribution in [0.2, 0.25) is 0 Å². The van der Waals surface area contributed by atoms with E-state index in [-0.39, 0.29) is 5.56 Å². The third-order valence-corrected chi connectivity index (χ3v) is 6.34. The minimum atomic E-state index is -0.460. The summed E-state index contributed by atoms with van der Waals surface area (Å²) in [5.74, 6) is 1.36. The zero-order valence-corrected chi connectivity index (χ0v) is 18.4. The number of benzene rings is 2. The van der Waals surface area contributed by atoms with Crippen LogP contribution in [0, 0.1) is 0 Å². The van der Waals surface area contributed by atoms with Crippen molar-refractivity contribution >= 4 is 27.2 Å². The van der Waals surface area contributed by atoms with E-state index in [9.17, 15) is 9.90 Å². The SMILES string of the molecule is CCC(O)CN(Cc1nc2cc(-c3ccc(OC)cc3)sc2c(=O)[nH]1)c1ccccc1. The topological polar surface area (TPSA) is 78.5 Å². The van der Waals surface area contributed by atoms with Gasteiger partial charge in [0.05, 0.1) is 25.3 Å². The Hall–Kier alpha value is -3.16. The molecule has 31 heavy (non-hydrogen) atoms. The maximum Gasteiger partial charge on any atom is 0.268 e. The maximum atomic E-state index is 12.8. The van der Waals surface area contributed by atoms with Gasteiger partial charge in [0.15, 0.2) is 0 Å². The highest BCUT2D eigenvalue weighted by Gasteiger charge is 2.15. The van der Waals surface area contributed by atoms with E-state index in [0.29, 0.717) is 35.6 Å². The number of hydrogen-bond acceptors (Lipinski definition) is 6. The average Bonchev–Trinajstić information content (AvgIpc) is 3.24. The van der Waals surface area contributed by atoms with Crippen LogP contribution in [0.25, 0.3) is 20.7 Å². The zero-order valence-electron chi connectivity index (χ0n) is 17.5. The van der Waals surface area contributed by atoms with E-state index < -0.39 is 6.10 Å². The van der Waals surface area contributed by atoms with Gasteiger partial charge in [-0.2, -0.15) is 0 Å². The second-order valence-electron chi connectivity index (χ2n) is 7.34. The molecule has 6 nitrogen and oxygen atoms in total. The molecule has 0 spiro atoms. The third-order valence-electron chi connectivity index (χ3n) is 5.17. The van der Waals surface area contributed by atoms with Gasteiger partial charge >= 0.3 is 0 Å². The van der Waals surface area contributed by atoms with Crippen molar-refractivity contribution in [3.63, 3.8) is 0 Å². The van der Waals surface area contributed by atoms with Crippen LogP contribution in [0.5, 0.6) is 5.75 Å². The summed E-state index contributed by atoms with van der Waals surface area (Å²) >= 11 is 1.43. The Morgan fingerprint density at radius 2 is 1.90 bits per heavy atom. The molecule has 1 atom stereocenters. The number of ether oxygens (including phenoxy) is 1. The van der Waals surface area contributed by atoms with Crippen molar-refractivity contribution in [1.29, 1.82) is 0 Å². The van der Waals surface area contributed by atoms with E-state index in [1.165, 1.54) is 11.3 Å². The Morgan fingerprint density at radius 3 is 2.58 bits per heavy atom. The molecule has 2 heterocycles. The first kappa shape index (κ1) is 21.1. The molecule has 0 saturated carbocycles. The summed E-state index contributed by atoms with van der Waals surface area (Å²) in [4.78, 5) is 23.4. The molecule has 0 fully saturated rings. The largest absolute Gasteiger partial charge is 0.497 e. The van der Waals surface area contributed by atoms with Gasteiger partial charge < -0.3 is 19.7 Å². The van der Waals surface area contributed by atoms with Gasteiger partial charge in [0.1, 0.15) is 16.3 Å². The Morgan fingerprint density at radius 1 is 1.16 bits per heavy atom. The minimum Gasteiger partial charge on any atom is -0.497 e. The molecule has 0 aliphatic heterocycles. The number of thiophene rings is 1. The van der Waals surface area contributed by atoms with Crippen molar-refractivity contribution in [2.24, 2.45) is 0 Å². The smallest absolute Gasteiger partial charge is 0.268 e. The predicted molar refractivity (Wildman–Crippen MR) is 126 cm³/mol. The molecular formula is C24H25N3O3S. The summed E-state index contributed by atoms with van der Waals surface area (Å²) < 4.78 is 5.83. The van der Waals surface area contributed by atoms with Gasteiger partial charge in [0.25, 0.3) is 5.56 Å². The van der Waals surface area contributed by atoms with Gasteiger partial charge in [0, 0.05) is 17.1 Å². The fourth-order valence-electron chi connectivity index (χ4n) is 3.43. The fourth-order valence-corrected chi connectivity index (χ4v) is 4.42. The average molecular weight is 436 g/mol. The van der Waals surface area contributed by atoms with Crippen LogP contribution in [-0.2, 0) is 6.54 Å². The van der Waals surface area contributed by atoms with E-state index >= 15 is 0 Å². The van der Waals surface area contributed by atoms with Crippen molar-refractivity contribution in [3.8, 4) is 16.2 Å². The molecule has 4 rings (SSSR count). The highest BCUT2D eigenvalue weighted by atomic mass is 32.1. The van der Waals surface area contributed by atoms with Crippen LogP contribution < -0.4 is 15.2 Å². The number of anilines is 1. The number of hydrogen-bond donors (Lipinski definition) is 2. The van der Waals surface area contributed by atoms with Crippen LogP contribution in [-0.4, -0.2) is 34.8 Å². The molecule has 0 bridgehead atoms. The van der Waals surface area contributed by atoms with E-state index in [0.717, 1.165) is 21.9 Å². The summed E-state index contributed by atoms with van der Waals surface area (Å²) in [6.07, 6.45) is 0.195. The van der Waals surface area contributed by atoms with Gasteiger partial charge in [0.2, 0.25) is 0 Å². The molecule has 0 saturated heterocycles. The third kappa shape index (κ3) is 4.78. The van der Waals surface area contributed by atoms with Gasteiger partial charge in [-0.1, -0.05) is 25.1 Å². The number of fused-ring (bicyclic) bond motifs is 1. The monoisotopic (exact) mass is 435 g/mol. The quantitative estimate of drug-likeness (QED) is 0.428. The second-order valence-corrected chi connectivity index (χ2v) is 8.40. The highest BCUT2D eigenvalue weighted by molar-refractivity contribution is 7.22. The Bertz CT molecular complexity index is 1200. The Kier molecular flexibility index (Phi) is 6.34. The number of rotatable bonds is 8. The molecule has 2 aromatic carbocycles. The molecule has 2 aromatic heterocycles. The lowest BCUT2D eigenvalue weighted by molar-refractivity contribution is 0.175. The van der Waals surface area contributed by atoms with Gasteiger partial charge in [-0.25, -0.2) is 4.98 Å². The summed E-state index contributed by atoms with van der Waals surface area (Å²) in [5.41, 5.74) is 2.52. The molecule has 7 heteroatoms. The molecule has 0 aliphatic carbocycles. The molecule has 2 N–H and O–H groups in total. The van der Waals surface area contributed by atoms with Gasteiger partial charge in [-0.15, -0.1) is 11.3 Å². The first-order valence-electron chi connectivity index (χ1n) is 10.2. The number of aliphatic hydroxyl groups excluding tert-OH is 1. The first-order valence-corrected chi connectivity index (χ1v) is 11.0. The van der Waals surface area contributed by atoms with Crippen LogP contribution in [0.3, 0.4) is 0 Å². The number of para-hydroxylation sites is 1. The number of aromatic amines is 1. The van der Waals surface area contributed by atoms with Gasteiger partial charge in [-0.3, -0.25) is 4.79 Å².